The Morgan fingerprint density at radius 2 is 1.07 bits per heavy atom. The number of nitrogens with zero attached hydrogens (tertiary/aromatic N) is 2. The van der Waals surface area contributed by atoms with Gasteiger partial charge in [-0.15, -0.1) is 0 Å². The molecule has 4 amide bonds. The average molecular weight is 571 g/mol. The van der Waals surface area contributed by atoms with Crippen LogP contribution in [0.1, 0.15) is 83.1 Å². The van der Waals surface area contributed by atoms with E-state index >= 15 is 0 Å². The molecule has 212 valence electrons. The summed E-state index contributed by atoms with van der Waals surface area (Å²) in [6.45, 7) is 4.65. The number of hydrogen-bond acceptors (Lipinski definition) is 4. The van der Waals surface area contributed by atoms with E-state index in [0.717, 1.165) is 54.3 Å². The van der Waals surface area contributed by atoms with Gasteiger partial charge in [-0.1, -0.05) is 12.1 Å². The van der Waals surface area contributed by atoms with Crippen LogP contribution in [0.15, 0.2) is 48.5 Å². The minimum Gasteiger partial charge on any atom is -0.277 e. The lowest BCUT2D eigenvalue weighted by Crippen LogP contribution is -2.41. The predicted octanol–water partition coefficient (Wildman–Crippen LogP) is 6.31. The fourth-order valence-corrected chi connectivity index (χ4v) is 5.26. The lowest BCUT2D eigenvalue weighted by Gasteiger charge is -2.33. The van der Waals surface area contributed by atoms with Crippen molar-refractivity contribution in [1.29, 1.82) is 0 Å². The Balaban J connectivity index is 1.64. The molecule has 0 saturated carbocycles. The van der Waals surface area contributed by atoms with Gasteiger partial charge in [-0.25, -0.2) is 13.7 Å². The highest BCUT2D eigenvalue weighted by Crippen LogP contribution is 2.48. The minimum atomic E-state index is -4.94. The summed E-state index contributed by atoms with van der Waals surface area (Å²) in [5.41, 5.74) is -3.92. The van der Waals surface area contributed by atoms with Gasteiger partial charge in [0.15, 0.2) is 0 Å². The van der Waals surface area contributed by atoms with Crippen molar-refractivity contribution in [3.63, 3.8) is 0 Å². The number of rotatable bonds is 4. The monoisotopic (exact) mass is 570 g/mol. The molecule has 0 aliphatic carbocycles. The summed E-state index contributed by atoms with van der Waals surface area (Å²) in [5, 5.41) is 0. The van der Waals surface area contributed by atoms with E-state index in [1.807, 2.05) is 0 Å². The molecule has 0 fully saturated rings. The molecule has 2 aliphatic rings. The number of amides is 4. The molecule has 0 bridgehead atoms. The van der Waals surface area contributed by atoms with Gasteiger partial charge < -0.3 is 0 Å². The lowest BCUT2D eigenvalue weighted by atomic mass is 9.74. The van der Waals surface area contributed by atoms with Crippen LogP contribution in [0, 0.1) is 13.8 Å². The zero-order valence-corrected chi connectivity index (χ0v) is 22.5. The summed E-state index contributed by atoms with van der Waals surface area (Å²) in [4.78, 5) is 53.1. The first kappa shape index (κ1) is 28.1. The molecule has 0 aromatic heterocycles. The standard InChI is InChI=1S/C30H23F5N2O4/c1-14-10-18(29(4,31)32)13-23(15(14)2)37-26(40)20-9-7-17(12-22(20)27(37)41)28(3,30(33,34)35)16-6-8-19-21(11-16)25(39)36(5)24(19)38/h6-13H,1-5H3. The number of imide groups is 2. The van der Waals surface area contributed by atoms with Crippen molar-refractivity contribution < 1.29 is 41.1 Å². The molecule has 1 unspecified atom stereocenters. The first-order valence-electron chi connectivity index (χ1n) is 12.5. The van der Waals surface area contributed by atoms with E-state index in [2.05, 4.69) is 0 Å². The van der Waals surface area contributed by atoms with Crippen molar-refractivity contribution in [2.45, 2.75) is 45.2 Å². The maximum absolute atomic E-state index is 14.8. The number of hydrogen-bond donors (Lipinski definition) is 0. The molecule has 41 heavy (non-hydrogen) atoms. The molecular formula is C30H23F5N2O4. The van der Waals surface area contributed by atoms with Crippen LogP contribution in [0.25, 0.3) is 0 Å². The highest BCUT2D eigenvalue weighted by Gasteiger charge is 2.55. The molecule has 0 spiro atoms. The zero-order chi connectivity index (χ0) is 30.4. The summed E-state index contributed by atoms with van der Waals surface area (Å²) in [6, 6.07) is 8.70. The van der Waals surface area contributed by atoms with Gasteiger partial charge in [-0.05, 0) is 79.4 Å². The number of fused-ring (bicyclic) bond motifs is 2. The summed E-state index contributed by atoms with van der Waals surface area (Å²) in [5.74, 6) is -6.46. The number of alkyl halides is 5. The first-order valence-corrected chi connectivity index (χ1v) is 12.5. The van der Waals surface area contributed by atoms with Gasteiger partial charge in [0.25, 0.3) is 29.6 Å². The van der Waals surface area contributed by atoms with Gasteiger partial charge in [-0.2, -0.15) is 13.2 Å². The van der Waals surface area contributed by atoms with Crippen LogP contribution in [0.2, 0.25) is 0 Å². The summed E-state index contributed by atoms with van der Waals surface area (Å²) in [6.07, 6.45) is -4.94. The Morgan fingerprint density at radius 1 is 0.610 bits per heavy atom. The van der Waals surface area contributed by atoms with Crippen molar-refractivity contribution in [1.82, 2.24) is 4.90 Å². The maximum atomic E-state index is 14.8. The molecule has 11 heteroatoms. The number of carbonyl (C=O) groups excluding carboxylic acids is 4. The molecule has 3 aromatic carbocycles. The maximum Gasteiger partial charge on any atom is 0.402 e. The summed E-state index contributed by atoms with van der Waals surface area (Å²) < 4.78 is 72.7. The fourth-order valence-electron chi connectivity index (χ4n) is 5.26. The quantitative estimate of drug-likeness (QED) is 0.272. The number of carbonyl (C=O) groups is 4. The minimum absolute atomic E-state index is 0.0262. The van der Waals surface area contributed by atoms with Crippen LogP contribution in [-0.4, -0.2) is 41.8 Å². The zero-order valence-electron chi connectivity index (χ0n) is 22.5. The Hall–Kier alpha value is -4.41. The Bertz CT molecular complexity index is 1710. The van der Waals surface area contributed by atoms with Crippen LogP contribution in [-0.2, 0) is 11.3 Å². The second kappa shape index (κ2) is 8.79. The predicted molar refractivity (Wildman–Crippen MR) is 138 cm³/mol. The SMILES string of the molecule is Cc1cc(C(C)(F)F)cc(N2C(=O)c3ccc(C(C)(c4ccc5c(c4)C(=O)N(C)C5=O)C(F)(F)F)cc3C2=O)c1C. The number of aryl methyl sites for hydroxylation is 1. The number of anilines is 1. The van der Waals surface area contributed by atoms with Crippen molar-refractivity contribution in [2.24, 2.45) is 0 Å². The van der Waals surface area contributed by atoms with E-state index in [1.54, 1.807) is 13.8 Å². The van der Waals surface area contributed by atoms with E-state index in [0.29, 0.717) is 23.0 Å². The van der Waals surface area contributed by atoms with Crippen molar-refractivity contribution in [3.05, 3.63) is 98.6 Å². The highest BCUT2D eigenvalue weighted by atomic mass is 19.4. The normalized spacial score (nSPS) is 16.8. The third-order valence-corrected chi connectivity index (χ3v) is 8.09. The average Bonchev–Trinajstić information content (AvgIpc) is 3.27. The molecule has 2 aliphatic heterocycles. The summed E-state index contributed by atoms with van der Waals surface area (Å²) >= 11 is 0. The van der Waals surface area contributed by atoms with Crippen LogP contribution in [0.4, 0.5) is 27.6 Å². The molecule has 0 saturated heterocycles. The number of benzene rings is 3. The Kier molecular flexibility index (Phi) is 6.03. The van der Waals surface area contributed by atoms with E-state index in [-0.39, 0.29) is 33.5 Å². The van der Waals surface area contributed by atoms with Gasteiger partial charge in [0.1, 0.15) is 5.41 Å². The summed E-state index contributed by atoms with van der Waals surface area (Å²) in [7, 11) is 1.22. The second-order valence-electron chi connectivity index (χ2n) is 10.6. The molecule has 5 rings (SSSR count). The first-order chi connectivity index (χ1) is 18.9. The van der Waals surface area contributed by atoms with Crippen LogP contribution in [0.5, 0.6) is 0 Å². The van der Waals surface area contributed by atoms with E-state index in [9.17, 15) is 41.1 Å². The van der Waals surface area contributed by atoms with Crippen molar-refractivity contribution >= 4 is 29.3 Å². The number of halogens is 5. The van der Waals surface area contributed by atoms with Gasteiger partial charge in [-0.3, -0.25) is 24.1 Å². The van der Waals surface area contributed by atoms with Gasteiger partial charge in [0.05, 0.1) is 27.9 Å². The molecule has 0 N–H and O–H groups in total. The molecule has 3 aromatic rings. The van der Waals surface area contributed by atoms with Crippen molar-refractivity contribution in [2.75, 3.05) is 11.9 Å². The molecule has 0 radical (unpaired) electrons. The molecule has 1 atom stereocenters. The van der Waals surface area contributed by atoms with Crippen molar-refractivity contribution in [3.8, 4) is 0 Å². The smallest absolute Gasteiger partial charge is 0.277 e. The Labute approximate surface area is 231 Å². The topological polar surface area (TPSA) is 74.8 Å². The molecule has 2 heterocycles. The lowest BCUT2D eigenvalue weighted by molar-refractivity contribution is -0.173. The highest BCUT2D eigenvalue weighted by molar-refractivity contribution is 6.34. The van der Waals surface area contributed by atoms with E-state index < -0.39 is 52.3 Å². The van der Waals surface area contributed by atoms with E-state index in [4.69, 9.17) is 0 Å². The van der Waals surface area contributed by atoms with Gasteiger partial charge in [0, 0.05) is 19.5 Å². The molecule has 6 nitrogen and oxygen atoms in total. The third kappa shape index (κ3) is 3.97. The Morgan fingerprint density at radius 3 is 1.59 bits per heavy atom. The van der Waals surface area contributed by atoms with Gasteiger partial charge in [0.2, 0.25) is 0 Å². The van der Waals surface area contributed by atoms with Crippen LogP contribution < -0.4 is 4.90 Å². The van der Waals surface area contributed by atoms with E-state index in [1.165, 1.54) is 13.1 Å². The fraction of sp³-hybridized carbons (Fsp3) is 0.267. The second-order valence-corrected chi connectivity index (χ2v) is 10.6. The third-order valence-electron chi connectivity index (χ3n) is 8.09. The van der Waals surface area contributed by atoms with Gasteiger partial charge >= 0.3 is 6.18 Å². The van der Waals surface area contributed by atoms with Crippen LogP contribution in [0.3, 0.4) is 0 Å². The molecular weight excluding hydrogens is 547 g/mol. The van der Waals surface area contributed by atoms with Crippen LogP contribution >= 0.6 is 0 Å². The largest absolute Gasteiger partial charge is 0.402 e.